The van der Waals surface area contributed by atoms with Crippen LogP contribution in [0.2, 0.25) is 0 Å². The van der Waals surface area contributed by atoms with Gasteiger partial charge in [0.05, 0.1) is 17.5 Å². The highest BCUT2D eigenvalue weighted by Gasteiger charge is 2.14. The first kappa shape index (κ1) is 21.6. The van der Waals surface area contributed by atoms with Crippen LogP contribution < -0.4 is 10.9 Å². The third-order valence-electron chi connectivity index (χ3n) is 4.61. The van der Waals surface area contributed by atoms with Crippen LogP contribution in [-0.2, 0) is 27.3 Å². The number of carbonyl (C=O) groups is 2. The van der Waals surface area contributed by atoms with E-state index in [1.165, 1.54) is 0 Å². The molecule has 0 radical (unpaired) electrons. The molecule has 1 heterocycles. The molecule has 1 aromatic heterocycles. The van der Waals surface area contributed by atoms with Gasteiger partial charge >= 0.3 is 5.97 Å². The fourth-order valence-electron chi connectivity index (χ4n) is 2.80. The zero-order valence-corrected chi connectivity index (χ0v) is 16.9. The number of hydrogen-bond donors (Lipinski definition) is 1. The SMILES string of the molecule is CCCCn1c(=O)c(CCC(=O)OCC(=O)N[C@@H](C)CC)nc2ccccc21. The second kappa shape index (κ2) is 10.6. The second-order valence-corrected chi connectivity index (χ2v) is 6.90. The second-order valence-electron chi connectivity index (χ2n) is 6.90. The van der Waals surface area contributed by atoms with Crippen LogP contribution in [0.4, 0.5) is 0 Å². The van der Waals surface area contributed by atoms with Gasteiger partial charge in [0.25, 0.3) is 11.5 Å². The molecule has 0 aliphatic rings. The molecule has 0 aliphatic heterocycles. The number of amides is 1. The molecule has 0 aliphatic carbocycles. The van der Waals surface area contributed by atoms with Crippen LogP contribution in [0, 0.1) is 0 Å². The lowest BCUT2D eigenvalue weighted by atomic mass is 10.2. The van der Waals surface area contributed by atoms with Crippen LogP contribution in [0.1, 0.15) is 52.1 Å². The van der Waals surface area contributed by atoms with Gasteiger partial charge in [0.15, 0.2) is 6.61 Å². The number of fused-ring (bicyclic) bond motifs is 1. The number of nitrogens with one attached hydrogen (secondary N) is 1. The van der Waals surface area contributed by atoms with E-state index in [9.17, 15) is 14.4 Å². The van der Waals surface area contributed by atoms with Crippen molar-refractivity contribution < 1.29 is 14.3 Å². The first-order valence-corrected chi connectivity index (χ1v) is 9.89. The molecular weight excluding hydrogens is 358 g/mol. The van der Waals surface area contributed by atoms with E-state index in [4.69, 9.17) is 4.74 Å². The van der Waals surface area contributed by atoms with Gasteiger partial charge in [-0.3, -0.25) is 14.4 Å². The molecule has 1 atom stereocenters. The van der Waals surface area contributed by atoms with Gasteiger partial charge in [-0.05, 0) is 31.9 Å². The Morgan fingerprint density at radius 2 is 2.00 bits per heavy atom. The Hall–Kier alpha value is -2.70. The molecule has 2 rings (SSSR count). The van der Waals surface area contributed by atoms with Gasteiger partial charge in [-0.15, -0.1) is 0 Å². The molecule has 0 spiro atoms. The lowest BCUT2D eigenvalue weighted by Crippen LogP contribution is -2.35. The zero-order valence-electron chi connectivity index (χ0n) is 16.9. The summed E-state index contributed by atoms with van der Waals surface area (Å²) in [7, 11) is 0. The summed E-state index contributed by atoms with van der Waals surface area (Å²) in [5.74, 6) is -0.845. The molecule has 28 heavy (non-hydrogen) atoms. The van der Waals surface area contributed by atoms with Crippen LogP contribution in [0.5, 0.6) is 0 Å². The summed E-state index contributed by atoms with van der Waals surface area (Å²) >= 11 is 0. The molecule has 7 heteroatoms. The monoisotopic (exact) mass is 387 g/mol. The van der Waals surface area contributed by atoms with Crippen molar-refractivity contribution in [2.45, 2.75) is 65.5 Å². The van der Waals surface area contributed by atoms with Crippen molar-refractivity contribution in [1.82, 2.24) is 14.9 Å². The topological polar surface area (TPSA) is 90.3 Å². The summed E-state index contributed by atoms with van der Waals surface area (Å²) in [6.45, 7) is 6.22. The Morgan fingerprint density at radius 3 is 2.71 bits per heavy atom. The normalized spacial score (nSPS) is 12.0. The molecule has 1 N–H and O–H groups in total. The van der Waals surface area contributed by atoms with Crippen LogP contribution >= 0.6 is 0 Å². The van der Waals surface area contributed by atoms with Crippen molar-refractivity contribution >= 4 is 22.9 Å². The smallest absolute Gasteiger partial charge is 0.306 e. The maximum Gasteiger partial charge on any atom is 0.306 e. The summed E-state index contributed by atoms with van der Waals surface area (Å²) in [5.41, 5.74) is 1.70. The summed E-state index contributed by atoms with van der Waals surface area (Å²) < 4.78 is 6.73. The molecule has 7 nitrogen and oxygen atoms in total. The van der Waals surface area contributed by atoms with E-state index < -0.39 is 5.97 Å². The van der Waals surface area contributed by atoms with Gasteiger partial charge in [-0.2, -0.15) is 0 Å². The highest BCUT2D eigenvalue weighted by molar-refractivity contribution is 5.80. The number of carbonyl (C=O) groups excluding carboxylic acids is 2. The van der Waals surface area contributed by atoms with E-state index in [-0.39, 0.29) is 37.0 Å². The number of aryl methyl sites for hydroxylation is 2. The van der Waals surface area contributed by atoms with E-state index in [1.807, 2.05) is 38.1 Å². The van der Waals surface area contributed by atoms with Gasteiger partial charge in [0.2, 0.25) is 0 Å². The number of hydrogen-bond acceptors (Lipinski definition) is 5. The highest BCUT2D eigenvalue weighted by atomic mass is 16.5. The lowest BCUT2D eigenvalue weighted by molar-refractivity contribution is -0.148. The first-order valence-electron chi connectivity index (χ1n) is 9.89. The number of benzene rings is 1. The first-order chi connectivity index (χ1) is 13.5. The van der Waals surface area contributed by atoms with Crippen LogP contribution in [0.15, 0.2) is 29.1 Å². The summed E-state index contributed by atoms with van der Waals surface area (Å²) in [6.07, 6.45) is 2.86. The Morgan fingerprint density at radius 1 is 1.25 bits per heavy atom. The van der Waals surface area contributed by atoms with Crippen LogP contribution in [-0.4, -0.2) is 34.1 Å². The molecule has 2 aromatic rings. The van der Waals surface area contributed by atoms with Crippen LogP contribution in [0.25, 0.3) is 11.0 Å². The van der Waals surface area contributed by atoms with E-state index in [0.717, 1.165) is 30.3 Å². The standard InChI is InChI=1S/C21H29N3O4/c1-4-6-13-24-18-10-8-7-9-16(18)23-17(21(24)27)11-12-20(26)28-14-19(25)22-15(3)5-2/h7-10,15H,4-6,11-14H2,1-3H3,(H,22,25)/t15-/m0/s1. The molecule has 0 unspecified atom stereocenters. The summed E-state index contributed by atoms with van der Waals surface area (Å²) in [4.78, 5) is 40.9. The largest absolute Gasteiger partial charge is 0.456 e. The predicted octanol–water partition coefficient (Wildman–Crippen LogP) is 2.59. The average molecular weight is 387 g/mol. The maximum atomic E-state index is 12.8. The number of nitrogens with zero attached hydrogens (tertiary/aromatic N) is 2. The number of esters is 1. The number of ether oxygens (including phenoxy) is 1. The van der Waals surface area contributed by atoms with E-state index in [2.05, 4.69) is 17.2 Å². The quantitative estimate of drug-likeness (QED) is 0.633. The van der Waals surface area contributed by atoms with E-state index in [0.29, 0.717) is 12.2 Å². The Kier molecular flexibility index (Phi) is 8.17. The highest BCUT2D eigenvalue weighted by Crippen LogP contribution is 2.12. The van der Waals surface area contributed by atoms with E-state index >= 15 is 0 Å². The minimum atomic E-state index is -0.520. The van der Waals surface area contributed by atoms with Gasteiger partial charge in [0.1, 0.15) is 5.69 Å². The van der Waals surface area contributed by atoms with Crippen LogP contribution in [0.3, 0.4) is 0 Å². The Labute approximate surface area is 165 Å². The number of aromatic nitrogens is 2. The van der Waals surface area contributed by atoms with Gasteiger partial charge in [-0.25, -0.2) is 4.98 Å². The Balaban J connectivity index is 2.03. The average Bonchev–Trinajstić information content (AvgIpc) is 2.70. The number of para-hydroxylation sites is 2. The fourth-order valence-corrected chi connectivity index (χ4v) is 2.80. The van der Waals surface area contributed by atoms with Crippen molar-refractivity contribution in [2.75, 3.05) is 6.61 Å². The van der Waals surface area contributed by atoms with E-state index in [1.54, 1.807) is 4.57 Å². The van der Waals surface area contributed by atoms with Gasteiger partial charge < -0.3 is 14.6 Å². The van der Waals surface area contributed by atoms with Crippen molar-refractivity contribution in [3.8, 4) is 0 Å². The molecule has 152 valence electrons. The molecule has 1 aromatic carbocycles. The molecule has 0 saturated heterocycles. The van der Waals surface area contributed by atoms with Crippen molar-refractivity contribution in [2.24, 2.45) is 0 Å². The van der Waals surface area contributed by atoms with Crippen molar-refractivity contribution in [3.63, 3.8) is 0 Å². The minimum Gasteiger partial charge on any atom is -0.456 e. The summed E-state index contributed by atoms with van der Waals surface area (Å²) in [5, 5.41) is 2.73. The third kappa shape index (κ3) is 5.90. The van der Waals surface area contributed by atoms with Gasteiger partial charge in [0, 0.05) is 19.0 Å². The minimum absolute atomic E-state index is 0.00493. The Bertz CT molecular complexity index is 876. The number of unbranched alkanes of at least 4 members (excludes halogenated alkanes) is 1. The summed E-state index contributed by atoms with van der Waals surface area (Å²) in [6, 6.07) is 7.53. The lowest BCUT2D eigenvalue weighted by Gasteiger charge is -2.12. The van der Waals surface area contributed by atoms with Crippen molar-refractivity contribution in [1.29, 1.82) is 0 Å². The molecule has 0 saturated carbocycles. The van der Waals surface area contributed by atoms with Crippen molar-refractivity contribution in [3.05, 3.63) is 40.3 Å². The number of rotatable bonds is 10. The fraction of sp³-hybridized carbons (Fsp3) is 0.524. The maximum absolute atomic E-state index is 12.8. The molecule has 0 fully saturated rings. The zero-order chi connectivity index (χ0) is 20.5. The predicted molar refractivity (Wildman–Crippen MR) is 108 cm³/mol. The molecule has 1 amide bonds. The molecular formula is C21H29N3O4. The third-order valence-corrected chi connectivity index (χ3v) is 4.61. The molecule has 0 bridgehead atoms. The van der Waals surface area contributed by atoms with Gasteiger partial charge in [-0.1, -0.05) is 32.4 Å².